The molecule has 1 aliphatic carbocycles. The Kier molecular flexibility index (Phi) is 3.34. The molecule has 2 aliphatic rings. The van der Waals surface area contributed by atoms with Crippen LogP contribution in [0.1, 0.15) is 44.6 Å². The van der Waals surface area contributed by atoms with Crippen LogP contribution in [0.2, 0.25) is 0 Å². The number of ketones is 1. The highest BCUT2D eigenvalue weighted by Gasteiger charge is 2.40. The van der Waals surface area contributed by atoms with Crippen LogP contribution < -0.4 is 5.32 Å². The summed E-state index contributed by atoms with van der Waals surface area (Å²) in [5, 5.41) is 5.28. The van der Waals surface area contributed by atoms with Gasteiger partial charge in [0.1, 0.15) is 0 Å². The van der Waals surface area contributed by atoms with Crippen molar-refractivity contribution in [2.24, 2.45) is 5.41 Å². The van der Waals surface area contributed by atoms with Crippen molar-refractivity contribution in [1.82, 2.24) is 5.32 Å². The average Bonchev–Trinajstić information content (AvgIpc) is 2.52. The van der Waals surface area contributed by atoms with Crippen molar-refractivity contribution >= 4 is 22.5 Å². The first-order valence-corrected chi connectivity index (χ1v) is 8.48. The maximum atomic E-state index is 12.8. The van der Waals surface area contributed by atoms with Gasteiger partial charge in [-0.05, 0) is 28.2 Å². The van der Waals surface area contributed by atoms with E-state index in [0.29, 0.717) is 12.8 Å². The summed E-state index contributed by atoms with van der Waals surface area (Å²) in [5.41, 5.74) is 2.63. The molecular weight excluding hydrogens is 298 g/mol. The molecule has 0 radical (unpaired) electrons. The number of allylic oxidation sites excluding steroid dienone is 2. The Morgan fingerprint density at radius 1 is 1.00 bits per heavy atom. The van der Waals surface area contributed by atoms with Gasteiger partial charge < -0.3 is 5.32 Å². The molecule has 1 aliphatic heterocycles. The van der Waals surface area contributed by atoms with Crippen LogP contribution in [0.15, 0.2) is 53.7 Å². The third-order valence-corrected chi connectivity index (χ3v) is 5.12. The number of amides is 1. The Labute approximate surface area is 141 Å². The molecule has 0 bridgehead atoms. The molecule has 1 N–H and O–H groups in total. The molecule has 1 amide bonds. The van der Waals surface area contributed by atoms with Crippen LogP contribution in [0.3, 0.4) is 0 Å². The van der Waals surface area contributed by atoms with E-state index in [-0.39, 0.29) is 23.0 Å². The van der Waals surface area contributed by atoms with Gasteiger partial charge >= 0.3 is 0 Å². The lowest BCUT2D eigenvalue weighted by Gasteiger charge is -2.37. The molecule has 0 fully saturated rings. The van der Waals surface area contributed by atoms with Crippen molar-refractivity contribution in [3.8, 4) is 0 Å². The lowest BCUT2D eigenvalue weighted by Crippen LogP contribution is -2.40. The molecule has 0 saturated carbocycles. The summed E-state index contributed by atoms with van der Waals surface area (Å²) in [6.07, 6.45) is 1.65. The van der Waals surface area contributed by atoms with Crippen molar-refractivity contribution in [3.05, 3.63) is 59.3 Å². The first kappa shape index (κ1) is 15.1. The molecule has 24 heavy (non-hydrogen) atoms. The molecule has 1 atom stereocenters. The Balaban J connectivity index is 1.83. The summed E-state index contributed by atoms with van der Waals surface area (Å²) in [7, 11) is 0. The molecule has 2 aromatic carbocycles. The van der Waals surface area contributed by atoms with Gasteiger partial charge in [-0.3, -0.25) is 9.59 Å². The van der Waals surface area contributed by atoms with Gasteiger partial charge in [0, 0.05) is 30.0 Å². The number of nitrogens with one attached hydrogen (secondary N) is 1. The van der Waals surface area contributed by atoms with Crippen LogP contribution in [-0.2, 0) is 9.59 Å². The number of carbonyl (C=O) groups is 2. The second-order valence-corrected chi connectivity index (χ2v) is 7.74. The third-order valence-electron chi connectivity index (χ3n) is 5.12. The monoisotopic (exact) mass is 319 g/mol. The van der Waals surface area contributed by atoms with Crippen molar-refractivity contribution < 1.29 is 9.59 Å². The van der Waals surface area contributed by atoms with Crippen LogP contribution in [0.25, 0.3) is 10.8 Å². The normalized spacial score (nSPS) is 23.2. The fourth-order valence-corrected chi connectivity index (χ4v) is 4.07. The lowest BCUT2D eigenvalue weighted by molar-refractivity contribution is -0.122. The smallest absolute Gasteiger partial charge is 0.225 e. The maximum Gasteiger partial charge on any atom is 0.225 e. The minimum atomic E-state index is -0.123. The summed E-state index contributed by atoms with van der Waals surface area (Å²) in [4.78, 5) is 25.0. The van der Waals surface area contributed by atoms with Crippen molar-refractivity contribution in [2.75, 3.05) is 0 Å². The average molecular weight is 319 g/mol. The fraction of sp³-hybridized carbons (Fsp3) is 0.333. The van der Waals surface area contributed by atoms with Crippen molar-refractivity contribution in [3.63, 3.8) is 0 Å². The largest absolute Gasteiger partial charge is 0.329 e. The van der Waals surface area contributed by atoms with E-state index in [1.807, 2.05) is 12.1 Å². The van der Waals surface area contributed by atoms with Crippen LogP contribution >= 0.6 is 0 Å². The van der Waals surface area contributed by atoms with E-state index in [1.165, 1.54) is 5.39 Å². The highest BCUT2D eigenvalue weighted by molar-refractivity contribution is 6.02. The van der Waals surface area contributed by atoms with Gasteiger partial charge in [0.2, 0.25) is 5.91 Å². The number of hydrogen-bond acceptors (Lipinski definition) is 2. The molecule has 2 aromatic rings. The van der Waals surface area contributed by atoms with E-state index in [0.717, 1.165) is 28.6 Å². The first-order valence-electron chi connectivity index (χ1n) is 8.48. The SMILES string of the molecule is CC1(C)CC(=O)C2=C(C1)NC(=O)CC2c1ccc2ccccc2c1. The van der Waals surface area contributed by atoms with E-state index in [1.54, 1.807) is 0 Å². The summed E-state index contributed by atoms with van der Waals surface area (Å²) < 4.78 is 0. The minimum Gasteiger partial charge on any atom is -0.329 e. The quantitative estimate of drug-likeness (QED) is 0.860. The van der Waals surface area contributed by atoms with Crippen LogP contribution in [0.5, 0.6) is 0 Å². The Bertz CT molecular complexity index is 892. The molecule has 1 heterocycles. The molecule has 3 nitrogen and oxygen atoms in total. The summed E-state index contributed by atoms with van der Waals surface area (Å²) in [6.45, 7) is 4.17. The maximum absolute atomic E-state index is 12.8. The van der Waals surface area contributed by atoms with Crippen LogP contribution in [0, 0.1) is 5.41 Å². The number of hydrogen-bond donors (Lipinski definition) is 1. The van der Waals surface area contributed by atoms with E-state index >= 15 is 0 Å². The predicted octanol–water partition coefficient (Wildman–Crippen LogP) is 4.09. The second-order valence-electron chi connectivity index (χ2n) is 7.74. The molecule has 3 heteroatoms. The zero-order valence-corrected chi connectivity index (χ0v) is 14.1. The Morgan fingerprint density at radius 2 is 1.75 bits per heavy atom. The standard InChI is InChI=1S/C21H21NO2/c1-21(2)11-17-20(18(23)12-21)16(10-19(24)22-17)15-8-7-13-5-3-4-6-14(13)9-15/h3-9,16H,10-12H2,1-2H3,(H,22,24). The van der Waals surface area contributed by atoms with Crippen LogP contribution in [-0.4, -0.2) is 11.7 Å². The number of Topliss-reactive ketones (excluding diaryl/α,β-unsaturated/α-hetero) is 1. The summed E-state index contributed by atoms with van der Waals surface area (Å²) in [6, 6.07) is 14.4. The summed E-state index contributed by atoms with van der Waals surface area (Å²) in [5.74, 6) is 0.0683. The molecule has 0 saturated heterocycles. The van der Waals surface area contributed by atoms with Gasteiger partial charge in [0.15, 0.2) is 5.78 Å². The first-order chi connectivity index (χ1) is 11.4. The lowest BCUT2D eigenvalue weighted by atomic mass is 9.70. The Morgan fingerprint density at radius 3 is 2.54 bits per heavy atom. The number of benzene rings is 2. The van der Waals surface area contributed by atoms with Gasteiger partial charge in [-0.2, -0.15) is 0 Å². The predicted molar refractivity (Wildman–Crippen MR) is 94.5 cm³/mol. The molecule has 122 valence electrons. The number of carbonyl (C=O) groups excluding carboxylic acids is 2. The molecule has 4 rings (SSSR count). The molecule has 1 unspecified atom stereocenters. The topological polar surface area (TPSA) is 46.2 Å². The molecule has 0 aromatic heterocycles. The highest BCUT2D eigenvalue weighted by Crippen LogP contribution is 2.44. The minimum absolute atomic E-state index is 0.0115. The van der Waals surface area contributed by atoms with Gasteiger partial charge in [0.05, 0.1) is 0 Å². The highest BCUT2D eigenvalue weighted by atomic mass is 16.2. The molecular formula is C21H21NO2. The van der Waals surface area contributed by atoms with E-state index in [2.05, 4.69) is 49.5 Å². The summed E-state index contributed by atoms with van der Waals surface area (Å²) >= 11 is 0. The zero-order valence-electron chi connectivity index (χ0n) is 14.1. The van der Waals surface area contributed by atoms with Gasteiger partial charge in [-0.1, -0.05) is 56.3 Å². The van der Waals surface area contributed by atoms with E-state index in [4.69, 9.17) is 0 Å². The van der Waals surface area contributed by atoms with E-state index in [9.17, 15) is 9.59 Å². The van der Waals surface area contributed by atoms with Gasteiger partial charge in [-0.15, -0.1) is 0 Å². The van der Waals surface area contributed by atoms with Gasteiger partial charge in [0.25, 0.3) is 0 Å². The second kappa shape index (κ2) is 5.30. The number of rotatable bonds is 1. The third kappa shape index (κ3) is 2.54. The van der Waals surface area contributed by atoms with Crippen molar-refractivity contribution in [1.29, 1.82) is 0 Å². The fourth-order valence-electron chi connectivity index (χ4n) is 4.07. The zero-order chi connectivity index (χ0) is 16.9. The number of fused-ring (bicyclic) bond motifs is 1. The van der Waals surface area contributed by atoms with Gasteiger partial charge in [-0.25, -0.2) is 0 Å². The van der Waals surface area contributed by atoms with Crippen LogP contribution in [0.4, 0.5) is 0 Å². The van der Waals surface area contributed by atoms with E-state index < -0.39 is 0 Å². The Hall–Kier alpha value is -2.42. The molecule has 0 spiro atoms. The van der Waals surface area contributed by atoms with Crippen molar-refractivity contribution in [2.45, 2.75) is 39.0 Å².